The van der Waals surface area contributed by atoms with Crippen molar-refractivity contribution in [1.29, 1.82) is 0 Å². The average molecular weight is 236 g/mol. The van der Waals surface area contributed by atoms with E-state index < -0.39 is 0 Å². The lowest BCUT2D eigenvalue weighted by Gasteiger charge is -2.34. The van der Waals surface area contributed by atoms with Crippen LogP contribution in [0, 0.1) is 12.8 Å². The Hall–Kier alpha value is -1.29. The molecule has 0 bridgehead atoms. The minimum Gasteiger partial charge on any atom is -0.464 e. The van der Waals surface area contributed by atoms with Crippen LogP contribution in [0.5, 0.6) is 0 Å². The highest BCUT2D eigenvalue weighted by atomic mass is 16.3. The van der Waals surface area contributed by atoms with E-state index in [2.05, 4.69) is 5.32 Å². The number of hydrogen-bond acceptors (Lipinski definition) is 3. The number of nitrogens with zero attached hydrogens (tertiary/aromatic N) is 1. The van der Waals surface area contributed by atoms with E-state index in [0.717, 1.165) is 24.6 Å². The number of carbonyl (C=O) groups excluding carboxylic acids is 1. The summed E-state index contributed by atoms with van der Waals surface area (Å²) in [6, 6.07) is 4.08. The third-order valence-corrected chi connectivity index (χ3v) is 3.16. The molecule has 0 spiro atoms. The maximum absolute atomic E-state index is 12.2. The fourth-order valence-corrected chi connectivity index (χ4v) is 1.95. The lowest BCUT2D eigenvalue weighted by Crippen LogP contribution is -2.53. The fraction of sp³-hybridized carbons (Fsp3) is 0.615. The smallest absolute Gasteiger partial charge is 0.228 e. The topological polar surface area (TPSA) is 45.5 Å². The summed E-state index contributed by atoms with van der Waals surface area (Å²) in [7, 11) is 0. The number of nitrogens with one attached hydrogen (secondary N) is 1. The largest absolute Gasteiger partial charge is 0.464 e. The molecule has 0 radical (unpaired) electrons. The number of hydrogen-bond donors (Lipinski definition) is 1. The lowest BCUT2D eigenvalue weighted by molar-refractivity contribution is -0.139. The van der Waals surface area contributed by atoms with Crippen molar-refractivity contribution in [2.24, 2.45) is 5.92 Å². The summed E-state index contributed by atoms with van der Waals surface area (Å²) in [5, 5.41) is 3.13. The molecule has 0 unspecified atom stereocenters. The van der Waals surface area contributed by atoms with E-state index in [1.807, 2.05) is 37.8 Å². The van der Waals surface area contributed by atoms with Gasteiger partial charge in [-0.25, -0.2) is 0 Å². The first kappa shape index (κ1) is 12.2. The molecule has 0 aliphatic carbocycles. The SMILES string of the molecule is Cc1ccc(CN(C(=O)C2CNC2)C(C)C)o1. The van der Waals surface area contributed by atoms with Gasteiger partial charge in [0.25, 0.3) is 0 Å². The van der Waals surface area contributed by atoms with Crippen molar-refractivity contribution >= 4 is 5.91 Å². The third-order valence-electron chi connectivity index (χ3n) is 3.16. The van der Waals surface area contributed by atoms with Crippen molar-refractivity contribution in [3.05, 3.63) is 23.7 Å². The van der Waals surface area contributed by atoms with Crippen LogP contribution in [0.4, 0.5) is 0 Å². The Kier molecular flexibility index (Phi) is 3.52. The van der Waals surface area contributed by atoms with Gasteiger partial charge in [-0.15, -0.1) is 0 Å². The van der Waals surface area contributed by atoms with Gasteiger partial charge < -0.3 is 14.6 Å². The molecule has 0 atom stereocenters. The highest BCUT2D eigenvalue weighted by Crippen LogP contribution is 2.16. The molecule has 4 nitrogen and oxygen atoms in total. The van der Waals surface area contributed by atoms with Crippen LogP contribution in [0.1, 0.15) is 25.4 Å². The van der Waals surface area contributed by atoms with E-state index in [9.17, 15) is 4.79 Å². The third kappa shape index (κ3) is 2.69. The zero-order chi connectivity index (χ0) is 12.4. The Morgan fingerprint density at radius 2 is 2.24 bits per heavy atom. The van der Waals surface area contributed by atoms with Gasteiger partial charge in [-0.3, -0.25) is 4.79 Å². The van der Waals surface area contributed by atoms with Gasteiger partial charge in [-0.05, 0) is 32.9 Å². The molecule has 0 saturated carbocycles. The molecule has 2 rings (SSSR count). The van der Waals surface area contributed by atoms with Gasteiger partial charge in [0.05, 0.1) is 12.5 Å². The molecule has 1 fully saturated rings. The summed E-state index contributed by atoms with van der Waals surface area (Å²) in [5.74, 6) is 2.12. The van der Waals surface area contributed by atoms with E-state index in [4.69, 9.17) is 4.42 Å². The summed E-state index contributed by atoms with van der Waals surface area (Å²) in [4.78, 5) is 14.1. The zero-order valence-corrected chi connectivity index (χ0v) is 10.7. The quantitative estimate of drug-likeness (QED) is 0.862. The van der Waals surface area contributed by atoms with Crippen LogP contribution >= 0.6 is 0 Å². The minimum atomic E-state index is 0.147. The Balaban J connectivity index is 2.04. The molecule has 1 amide bonds. The first-order valence-corrected chi connectivity index (χ1v) is 6.14. The summed E-state index contributed by atoms with van der Waals surface area (Å²) in [6.07, 6.45) is 0. The van der Waals surface area contributed by atoms with Gasteiger partial charge in [-0.2, -0.15) is 0 Å². The monoisotopic (exact) mass is 236 g/mol. The van der Waals surface area contributed by atoms with Crippen molar-refractivity contribution in [2.45, 2.75) is 33.4 Å². The van der Waals surface area contributed by atoms with Crippen LogP contribution in [0.15, 0.2) is 16.5 Å². The highest BCUT2D eigenvalue weighted by Gasteiger charge is 2.30. The number of carbonyl (C=O) groups is 1. The highest BCUT2D eigenvalue weighted by molar-refractivity contribution is 5.80. The molecule has 17 heavy (non-hydrogen) atoms. The summed E-state index contributed by atoms with van der Waals surface area (Å²) in [6.45, 7) is 8.18. The molecule has 1 aliphatic heterocycles. The number of rotatable bonds is 4. The van der Waals surface area contributed by atoms with Gasteiger partial charge in [0.1, 0.15) is 11.5 Å². The van der Waals surface area contributed by atoms with Gasteiger partial charge in [0.2, 0.25) is 5.91 Å². The average Bonchev–Trinajstić information content (AvgIpc) is 2.57. The predicted octanol–water partition coefficient (Wildman–Crippen LogP) is 1.54. The first-order valence-electron chi connectivity index (χ1n) is 6.14. The molecule has 2 heterocycles. The minimum absolute atomic E-state index is 0.147. The van der Waals surface area contributed by atoms with Crippen LogP contribution in [-0.4, -0.2) is 29.9 Å². The van der Waals surface area contributed by atoms with Crippen molar-refractivity contribution < 1.29 is 9.21 Å². The van der Waals surface area contributed by atoms with Crippen LogP contribution in [0.2, 0.25) is 0 Å². The Morgan fingerprint density at radius 1 is 1.53 bits per heavy atom. The second-order valence-electron chi connectivity index (χ2n) is 4.93. The van der Waals surface area contributed by atoms with Crippen molar-refractivity contribution in [3.8, 4) is 0 Å². The second-order valence-corrected chi connectivity index (χ2v) is 4.93. The van der Waals surface area contributed by atoms with Gasteiger partial charge in [0.15, 0.2) is 0 Å². The number of aryl methyl sites for hydroxylation is 1. The molecule has 1 aliphatic rings. The molecular weight excluding hydrogens is 216 g/mol. The molecule has 1 aromatic heterocycles. The van der Waals surface area contributed by atoms with Crippen molar-refractivity contribution in [2.75, 3.05) is 13.1 Å². The maximum Gasteiger partial charge on any atom is 0.228 e. The standard InChI is InChI=1S/C13H20N2O2/c1-9(2)15(13(16)11-6-14-7-11)8-12-5-4-10(3)17-12/h4-5,9,11,14H,6-8H2,1-3H3. The van der Waals surface area contributed by atoms with E-state index in [0.29, 0.717) is 6.54 Å². The Morgan fingerprint density at radius 3 is 2.65 bits per heavy atom. The maximum atomic E-state index is 12.2. The first-order chi connectivity index (χ1) is 8.08. The Bertz CT molecular complexity index is 394. The molecule has 1 N–H and O–H groups in total. The molecule has 94 valence electrons. The van der Waals surface area contributed by atoms with E-state index in [1.54, 1.807) is 0 Å². The summed E-state index contributed by atoms with van der Waals surface area (Å²) >= 11 is 0. The van der Waals surface area contributed by atoms with Crippen LogP contribution in [0.3, 0.4) is 0 Å². The van der Waals surface area contributed by atoms with E-state index in [-0.39, 0.29) is 17.9 Å². The summed E-state index contributed by atoms with van der Waals surface area (Å²) < 4.78 is 5.54. The second kappa shape index (κ2) is 4.92. The van der Waals surface area contributed by atoms with E-state index >= 15 is 0 Å². The molecular formula is C13H20N2O2. The van der Waals surface area contributed by atoms with Crippen LogP contribution in [-0.2, 0) is 11.3 Å². The van der Waals surface area contributed by atoms with Crippen LogP contribution in [0.25, 0.3) is 0 Å². The normalized spacial score (nSPS) is 16.0. The van der Waals surface area contributed by atoms with Crippen LogP contribution < -0.4 is 5.32 Å². The fourth-order valence-electron chi connectivity index (χ4n) is 1.95. The summed E-state index contributed by atoms with van der Waals surface area (Å²) in [5.41, 5.74) is 0. The number of amides is 1. The van der Waals surface area contributed by atoms with Gasteiger partial charge in [-0.1, -0.05) is 0 Å². The predicted molar refractivity (Wildman–Crippen MR) is 65.5 cm³/mol. The lowest BCUT2D eigenvalue weighted by atomic mass is 10.0. The molecule has 0 aromatic carbocycles. The van der Waals surface area contributed by atoms with Crippen molar-refractivity contribution in [3.63, 3.8) is 0 Å². The zero-order valence-electron chi connectivity index (χ0n) is 10.7. The Labute approximate surface area is 102 Å². The molecule has 1 saturated heterocycles. The molecule has 1 aromatic rings. The van der Waals surface area contributed by atoms with Crippen molar-refractivity contribution in [1.82, 2.24) is 10.2 Å². The number of furan rings is 1. The van der Waals surface area contributed by atoms with Gasteiger partial charge in [0, 0.05) is 19.1 Å². The van der Waals surface area contributed by atoms with E-state index in [1.165, 1.54) is 0 Å². The van der Waals surface area contributed by atoms with Gasteiger partial charge >= 0.3 is 0 Å². The molecule has 4 heteroatoms.